The Hall–Kier alpha value is -1.24. The van der Waals surface area contributed by atoms with E-state index in [4.69, 9.17) is 5.73 Å². The van der Waals surface area contributed by atoms with Crippen molar-refractivity contribution in [2.24, 2.45) is 11.1 Å². The van der Waals surface area contributed by atoms with Crippen LogP contribution in [0.3, 0.4) is 0 Å². The van der Waals surface area contributed by atoms with Crippen molar-refractivity contribution in [3.63, 3.8) is 0 Å². The number of anilines is 1. The summed E-state index contributed by atoms with van der Waals surface area (Å²) in [6, 6.07) is 3.37. The molecule has 0 saturated carbocycles. The fourth-order valence-electron chi connectivity index (χ4n) is 3.47. The van der Waals surface area contributed by atoms with E-state index in [1.54, 1.807) is 0 Å². The number of amides is 1. The minimum atomic E-state index is -0.692. The van der Waals surface area contributed by atoms with Crippen LogP contribution in [0.4, 0.5) is 14.5 Å². The van der Waals surface area contributed by atoms with Crippen molar-refractivity contribution in [2.75, 3.05) is 31.1 Å². The quantitative estimate of drug-likeness (QED) is 0.913. The second-order valence-electron chi connectivity index (χ2n) is 6.60. The molecule has 7 heteroatoms. The number of hydrogen-bond donors (Lipinski definition) is 1. The summed E-state index contributed by atoms with van der Waals surface area (Å²) >= 11 is 0. The van der Waals surface area contributed by atoms with Gasteiger partial charge in [0.1, 0.15) is 17.3 Å². The fourth-order valence-corrected chi connectivity index (χ4v) is 3.47. The van der Waals surface area contributed by atoms with Crippen molar-refractivity contribution >= 4 is 24.0 Å². The highest BCUT2D eigenvalue weighted by Crippen LogP contribution is 2.34. The minimum Gasteiger partial charge on any atom is -0.330 e. The molecule has 3 rings (SSSR count). The third-order valence-corrected chi connectivity index (χ3v) is 4.91. The highest BCUT2D eigenvalue weighted by molar-refractivity contribution is 5.99. The molecular weight excluding hydrogens is 324 g/mol. The van der Waals surface area contributed by atoms with Gasteiger partial charge in [0, 0.05) is 13.1 Å². The fraction of sp³-hybridized carbons (Fsp3) is 0.562. The largest absolute Gasteiger partial charge is 0.330 e. The molecule has 2 N–H and O–H groups in total. The molecule has 2 saturated heterocycles. The smallest absolute Gasteiger partial charge is 0.244 e. The van der Waals surface area contributed by atoms with Crippen LogP contribution in [-0.2, 0) is 4.79 Å². The first-order valence-electron chi connectivity index (χ1n) is 7.65. The van der Waals surface area contributed by atoms with Gasteiger partial charge in [-0.2, -0.15) is 0 Å². The molecule has 128 valence electrons. The molecule has 2 atom stereocenters. The molecule has 0 aromatic heterocycles. The van der Waals surface area contributed by atoms with E-state index in [1.807, 2.05) is 0 Å². The standard InChI is InChI=1S/C16H21F2N3O.ClH/c1-16(9-19)6-8-20(10-16)13-5-7-21(15(13)22)14-11(17)3-2-4-12(14)18;/h2-4,13H,5-10,19H2,1H3;1H. The average molecular weight is 346 g/mol. The van der Waals surface area contributed by atoms with Gasteiger partial charge >= 0.3 is 0 Å². The molecule has 1 amide bonds. The Morgan fingerprint density at radius 3 is 2.52 bits per heavy atom. The van der Waals surface area contributed by atoms with Crippen molar-refractivity contribution in [2.45, 2.75) is 25.8 Å². The van der Waals surface area contributed by atoms with Crippen LogP contribution in [-0.4, -0.2) is 43.0 Å². The van der Waals surface area contributed by atoms with Crippen LogP contribution in [0.25, 0.3) is 0 Å². The molecule has 4 nitrogen and oxygen atoms in total. The van der Waals surface area contributed by atoms with Crippen LogP contribution in [0.15, 0.2) is 18.2 Å². The van der Waals surface area contributed by atoms with Crippen LogP contribution in [0.5, 0.6) is 0 Å². The van der Waals surface area contributed by atoms with Gasteiger partial charge in [0.2, 0.25) is 5.91 Å². The SMILES string of the molecule is CC1(CN)CCN(C2CCN(c3c(F)cccc3F)C2=O)C1.Cl. The van der Waals surface area contributed by atoms with Crippen LogP contribution < -0.4 is 10.6 Å². The topological polar surface area (TPSA) is 49.6 Å². The Morgan fingerprint density at radius 2 is 1.96 bits per heavy atom. The normalized spacial score (nSPS) is 28.3. The first kappa shape index (κ1) is 18.1. The summed E-state index contributed by atoms with van der Waals surface area (Å²) in [5.41, 5.74) is 5.60. The summed E-state index contributed by atoms with van der Waals surface area (Å²) in [7, 11) is 0. The summed E-state index contributed by atoms with van der Waals surface area (Å²) in [6.07, 6.45) is 1.54. The van der Waals surface area contributed by atoms with E-state index in [2.05, 4.69) is 11.8 Å². The summed E-state index contributed by atoms with van der Waals surface area (Å²) in [5, 5.41) is 0. The monoisotopic (exact) mass is 345 g/mol. The first-order valence-corrected chi connectivity index (χ1v) is 7.65. The predicted molar refractivity (Wildman–Crippen MR) is 87.7 cm³/mol. The summed E-state index contributed by atoms with van der Waals surface area (Å²) in [4.78, 5) is 16.0. The molecule has 2 fully saturated rings. The van der Waals surface area contributed by atoms with Crippen LogP contribution in [0.1, 0.15) is 19.8 Å². The number of hydrogen-bond acceptors (Lipinski definition) is 3. The average Bonchev–Trinajstić information content (AvgIpc) is 3.04. The molecule has 0 radical (unpaired) electrons. The summed E-state index contributed by atoms with van der Waals surface area (Å²) in [6.45, 7) is 4.60. The number of nitrogens with zero attached hydrogens (tertiary/aromatic N) is 2. The molecule has 2 aliphatic heterocycles. The maximum atomic E-state index is 13.9. The second-order valence-corrected chi connectivity index (χ2v) is 6.60. The summed E-state index contributed by atoms with van der Waals surface area (Å²) in [5.74, 6) is -1.60. The Kier molecular flexibility index (Phi) is 5.28. The zero-order valence-corrected chi connectivity index (χ0v) is 13.9. The molecule has 0 aliphatic carbocycles. The molecule has 1 aromatic carbocycles. The molecule has 2 aliphatic rings. The second kappa shape index (κ2) is 6.71. The van der Waals surface area contributed by atoms with E-state index in [9.17, 15) is 13.6 Å². The highest BCUT2D eigenvalue weighted by atomic mass is 35.5. The van der Waals surface area contributed by atoms with Gasteiger partial charge in [-0.1, -0.05) is 13.0 Å². The van der Waals surface area contributed by atoms with E-state index in [0.29, 0.717) is 19.5 Å². The van der Waals surface area contributed by atoms with Crippen molar-refractivity contribution in [3.05, 3.63) is 29.8 Å². The molecule has 2 unspecified atom stereocenters. The number of rotatable bonds is 3. The van der Waals surface area contributed by atoms with Gasteiger partial charge < -0.3 is 10.6 Å². The first-order chi connectivity index (χ1) is 10.4. The zero-order chi connectivity index (χ0) is 15.9. The number of nitrogens with two attached hydrogens (primary N) is 1. The number of carbonyl (C=O) groups excluding carboxylic acids is 1. The molecule has 0 spiro atoms. The van der Waals surface area contributed by atoms with E-state index >= 15 is 0 Å². The van der Waals surface area contributed by atoms with Crippen LogP contribution in [0, 0.1) is 17.0 Å². The lowest BCUT2D eigenvalue weighted by molar-refractivity contribution is -0.121. The molecule has 1 aromatic rings. The molecule has 2 heterocycles. The zero-order valence-electron chi connectivity index (χ0n) is 13.1. The number of likely N-dealkylation sites (tertiary alicyclic amines) is 1. The Balaban J connectivity index is 0.00000192. The summed E-state index contributed by atoms with van der Waals surface area (Å²) < 4.78 is 27.8. The Morgan fingerprint density at radius 1 is 1.30 bits per heavy atom. The molecular formula is C16H22ClF2N3O. The Labute approximate surface area is 141 Å². The van der Waals surface area contributed by atoms with Crippen LogP contribution in [0.2, 0.25) is 0 Å². The van der Waals surface area contributed by atoms with Crippen LogP contribution >= 0.6 is 12.4 Å². The van der Waals surface area contributed by atoms with Gasteiger partial charge in [0.15, 0.2) is 0 Å². The van der Waals surface area contributed by atoms with Crippen molar-refractivity contribution in [1.29, 1.82) is 0 Å². The van der Waals surface area contributed by atoms with E-state index in [0.717, 1.165) is 19.5 Å². The molecule has 0 bridgehead atoms. The number of para-hydroxylation sites is 1. The number of halogens is 3. The van der Waals surface area contributed by atoms with E-state index in [-0.39, 0.29) is 35.5 Å². The van der Waals surface area contributed by atoms with Crippen molar-refractivity contribution in [3.8, 4) is 0 Å². The Bertz CT molecular complexity index is 580. The van der Waals surface area contributed by atoms with Crippen molar-refractivity contribution < 1.29 is 13.6 Å². The third kappa shape index (κ3) is 3.20. The van der Waals surface area contributed by atoms with Gasteiger partial charge in [0.05, 0.1) is 6.04 Å². The maximum Gasteiger partial charge on any atom is 0.244 e. The van der Waals surface area contributed by atoms with Gasteiger partial charge in [-0.15, -0.1) is 12.4 Å². The van der Waals surface area contributed by atoms with Gasteiger partial charge in [-0.05, 0) is 43.5 Å². The lowest BCUT2D eigenvalue weighted by Gasteiger charge is -2.26. The number of carbonyl (C=O) groups is 1. The third-order valence-electron chi connectivity index (χ3n) is 4.91. The minimum absolute atomic E-state index is 0. The predicted octanol–water partition coefficient (Wildman–Crippen LogP) is 2.16. The number of benzene rings is 1. The van der Waals surface area contributed by atoms with E-state index < -0.39 is 11.6 Å². The van der Waals surface area contributed by atoms with E-state index in [1.165, 1.54) is 23.1 Å². The van der Waals surface area contributed by atoms with Gasteiger partial charge in [-0.3, -0.25) is 9.69 Å². The van der Waals surface area contributed by atoms with Gasteiger partial charge in [0.25, 0.3) is 0 Å². The highest BCUT2D eigenvalue weighted by Gasteiger charge is 2.43. The molecule has 23 heavy (non-hydrogen) atoms. The van der Waals surface area contributed by atoms with Gasteiger partial charge in [-0.25, -0.2) is 8.78 Å². The lowest BCUT2D eigenvalue weighted by Crippen LogP contribution is -2.42. The maximum absolute atomic E-state index is 13.9. The van der Waals surface area contributed by atoms with Crippen molar-refractivity contribution in [1.82, 2.24) is 4.90 Å². The lowest BCUT2D eigenvalue weighted by atomic mass is 9.90.